The summed E-state index contributed by atoms with van der Waals surface area (Å²) in [5, 5.41) is 2.78. The molecule has 0 aromatic heterocycles. The van der Waals surface area contributed by atoms with E-state index < -0.39 is 0 Å². The maximum Gasteiger partial charge on any atom is 0.238 e. The smallest absolute Gasteiger partial charge is 0.238 e. The summed E-state index contributed by atoms with van der Waals surface area (Å²) in [6, 6.07) is 19.7. The fourth-order valence-corrected chi connectivity index (χ4v) is 4.69. The second kappa shape index (κ2) is 7.22. The second-order valence-electron chi connectivity index (χ2n) is 6.04. The van der Waals surface area contributed by atoms with E-state index in [-0.39, 0.29) is 11.3 Å². The van der Waals surface area contributed by atoms with E-state index in [4.69, 9.17) is 16.3 Å². The van der Waals surface area contributed by atoms with Gasteiger partial charge < -0.3 is 4.74 Å². The van der Waals surface area contributed by atoms with E-state index in [1.165, 1.54) is 0 Å². The largest absolute Gasteiger partial charge is 0.493 e. The molecular weight excluding hydrogens is 366 g/mol. The number of thioether (sulfide) groups is 1. The van der Waals surface area contributed by atoms with Crippen molar-refractivity contribution in [3.8, 4) is 5.75 Å². The standard InChI is InChI=1S/C21H18ClNO2S/c1-2-25-18-12-7-14-5-3-4-6-17(14)20(18)21-23(19(24)13-26-21)16-10-8-15(22)9-11-16/h3-12,21H,2,13H2,1H3/t21-/m1/s1. The molecule has 1 amide bonds. The summed E-state index contributed by atoms with van der Waals surface area (Å²) in [6.45, 7) is 2.56. The molecule has 1 saturated heterocycles. The molecule has 26 heavy (non-hydrogen) atoms. The van der Waals surface area contributed by atoms with Crippen LogP contribution in [0.5, 0.6) is 5.75 Å². The summed E-state index contributed by atoms with van der Waals surface area (Å²) in [5.74, 6) is 1.37. The highest BCUT2D eigenvalue weighted by Gasteiger charge is 2.36. The number of rotatable bonds is 4. The predicted octanol–water partition coefficient (Wildman–Crippen LogP) is 5.67. The summed E-state index contributed by atoms with van der Waals surface area (Å²) in [7, 11) is 0. The lowest BCUT2D eigenvalue weighted by Crippen LogP contribution is -2.28. The minimum Gasteiger partial charge on any atom is -0.493 e. The van der Waals surface area contributed by atoms with Crippen LogP contribution in [0, 0.1) is 0 Å². The Labute approximate surface area is 161 Å². The molecule has 1 aliphatic rings. The van der Waals surface area contributed by atoms with E-state index >= 15 is 0 Å². The van der Waals surface area contributed by atoms with Crippen molar-refractivity contribution in [1.82, 2.24) is 0 Å². The number of carbonyl (C=O) groups excluding carboxylic acids is 1. The van der Waals surface area contributed by atoms with E-state index in [1.54, 1.807) is 11.8 Å². The van der Waals surface area contributed by atoms with Crippen molar-refractivity contribution < 1.29 is 9.53 Å². The van der Waals surface area contributed by atoms with E-state index in [0.29, 0.717) is 17.4 Å². The Morgan fingerprint density at radius 2 is 1.88 bits per heavy atom. The average Bonchev–Trinajstić information content (AvgIpc) is 3.03. The van der Waals surface area contributed by atoms with Gasteiger partial charge in [0.05, 0.1) is 12.4 Å². The molecule has 0 N–H and O–H groups in total. The molecule has 0 radical (unpaired) electrons. The monoisotopic (exact) mass is 383 g/mol. The number of amides is 1. The van der Waals surface area contributed by atoms with Gasteiger partial charge >= 0.3 is 0 Å². The maximum atomic E-state index is 12.7. The van der Waals surface area contributed by atoms with Crippen LogP contribution in [0.3, 0.4) is 0 Å². The van der Waals surface area contributed by atoms with Gasteiger partial charge in [0.1, 0.15) is 11.1 Å². The Kier molecular flexibility index (Phi) is 4.79. The lowest BCUT2D eigenvalue weighted by Gasteiger charge is -2.27. The van der Waals surface area contributed by atoms with Gasteiger partial charge in [-0.2, -0.15) is 0 Å². The number of ether oxygens (including phenoxy) is 1. The Hall–Kier alpha value is -2.17. The number of hydrogen-bond acceptors (Lipinski definition) is 3. The predicted molar refractivity (Wildman–Crippen MR) is 109 cm³/mol. The first-order chi connectivity index (χ1) is 12.7. The third kappa shape index (κ3) is 3.04. The van der Waals surface area contributed by atoms with Crippen molar-refractivity contribution in [2.75, 3.05) is 17.3 Å². The number of fused-ring (bicyclic) bond motifs is 1. The van der Waals surface area contributed by atoms with Crippen LogP contribution in [0.25, 0.3) is 10.8 Å². The highest BCUT2D eigenvalue weighted by atomic mass is 35.5. The SMILES string of the molecule is CCOc1ccc2ccccc2c1[C@H]1SCC(=O)N1c1ccc(Cl)cc1. The van der Waals surface area contributed by atoms with Gasteiger partial charge in [0.15, 0.2) is 0 Å². The Morgan fingerprint density at radius 3 is 2.65 bits per heavy atom. The fourth-order valence-electron chi connectivity index (χ4n) is 3.33. The number of anilines is 1. The first-order valence-corrected chi connectivity index (χ1v) is 9.95. The van der Waals surface area contributed by atoms with Gasteiger partial charge in [-0.25, -0.2) is 0 Å². The minimum atomic E-state index is -0.128. The van der Waals surface area contributed by atoms with Crippen LogP contribution in [-0.4, -0.2) is 18.3 Å². The van der Waals surface area contributed by atoms with Crippen LogP contribution in [0.4, 0.5) is 5.69 Å². The topological polar surface area (TPSA) is 29.5 Å². The van der Waals surface area contributed by atoms with Crippen LogP contribution in [0.1, 0.15) is 17.9 Å². The summed E-state index contributed by atoms with van der Waals surface area (Å²) in [5.41, 5.74) is 1.90. The van der Waals surface area contributed by atoms with Gasteiger partial charge in [-0.1, -0.05) is 41.9 Å². The van der Waals surface area contributed by atoms with Crippen LogP contribution in [-0.2, 0) is 4.79 Å². The number of hydrogen-bond donors (Lipinski definition) is 0. The van der Waals surface area contributed by atoms with Gasteiger partial charge in [-0.3, -0.25) is 9.69 Å². The summed E-state index contributed by atoms with van der Waals surface area (Å²) in [6.07, 6.45) is 0. The van der Waals surface area contributed by atoms with Crippen LogP contribution < -0.4 is 9.64 Å². The molecule has 1 fully saturated rings. The third-order valence-electron chi connectivity index (χ3n) is 4.45. The van der Waals surface area contributed by atoms with E-state index in [2.05, 4.69) is 18.2 Å². The van der Waals surface area contributed by atoms with Gasteiger partial charge in [-0.15, -0.1) is 11.8 Å². The maximum absolute atomic E-state index is 12.7. The van der Waals surface area contributed by atoms with E-state index in [9.17, 15) is 4.79 Å². The van der Waals surface area contributed by atoms with Gasteiger partial charge in [-0.05, 0) is 48.0 Å². The third-order valence-corrected chi connectivity index (χ3v) is 5.88. The van der Waals surface area contributed by atoms with Crippen LogP contribution >= 0.6 is 23.4 Å². The number of halogens is 1. The molecule has 4 rings (SSSR count). The normalized spacial score (nSPS) is 17.1. The molecule has 1 heterocycles. The summed E-state index contributed by atoms with van der Waals surface area (Å²) >= 11 is 7.65. The van der Waals surface area contributed by atoms with E-state index in [1.807, 2.05) is 54.3 Å². The zero-order valence-corrected chi connectivity index (χ0v) is 15.9. The molecule has 1 aliphatic heterocycles. The van der Waals surface area contributed by atoms with Crippen LogP contribution in [0.15, 0.2) is 60.7 Å². The molecule has 0 bridgehead atoms. The molecule has 3 nitrogen and oxygen atoms in total. The summed E-state index contributed by atoms with van der Waals surface area (Å²) in [4.78, 5) is 14.5. The van der Waals surface area contributed by atoms with Crippen molar-refractivity contribution in [3.05, 3.63) is 71.2 Å². The van der Waals surface area contributed by atoms with Crippen molar-refractivity contribution in [2.24, 2.45) is 0 Å². The van der Waals surface area contributed by atoms with Crippen LogP contribution in [0.2, 0.25) is 5.02 Å². The van der Waals surface area contributed by atoms with E-state index in [0.717, 1.165) is 27.8 Å². The molecule has 0 aliphatic carbocycles. The molecule has 0 spiro atoms. The second-order valence-corrected chi connectivity index (χ2v) is 7.54. The first-order valence-electron chi connectivity index (χ1n) is 8.52. The Morgan fingerprint density at radius 1 is 1.12 bits per heavy atom. The minimum absolute atomic E-state index is 0.0951. The zero-order chi connectivity index (χ0) is 18.1. The van der Waals surface area contributed by atoms with Crippen molar-refractivity contribution in [3.63, 3.8) is 0 Å². The molecular formula is C21H18ClNO2S. The quantitative estimate of drug-likeness (QED) is 0.581. The number of carbonyl (C=O) groups is 1. The highest BCUT2D eigenvalue weighted by Crippen LogP contribution is 2.47. The zero-order valence-electron chi connectivity index (χ0n) is 14.3. The lowest BCUT2D eigenvalue weighted by atomic mass is 10.0. The molecule has 3 aromatic carbocycles. The Bertz CT molecular complexity index is 958. The molecule has 132 valence electrons. The first kappa shape index (κ1) is 17.3. The van der Waals surface area contributed by atoms with Crippen molar-refractivity contribution in [1.29, 1.82) is 0 Å². The highest BCUT2D eigenvalue weighted by molar-refractivity contribution is 8.00. The Balaban J connectivity index is 1.88. The van der Waals surface area contributed by atoms with Crippen molar-refractivity contribution in [2.45, 2.75) is 12.3 Å². The van der Waals surface area contributed by atoms with Gasteiger partial charge in [0.2, 0.25) is 5.91 Å². The lowest BCUT2D eigenvalue weighted by molar-refractivity contribution is -0.115. The van der Waals surface area contributed by atoms with Crippen molar-refractivity contribution >= 4 is 45.7 Å². The van der Waals surface area contributed by atoms with Gasteiger partial charge in [0, 0.05) is 16.3 Å². The average molecular weight is 384 g/mol. The molecule has 0 unspecified atom stereocenters. The number of nitrogens with zero attached hydrogens (tertiary/aromatic N) is 1. The van der Waals surface area contributed by atoms with Gasteiger partial charge in [0.25, 0.3) is 0 Å². The number of benzene rings is 3. The molecule has 0 saturated carbocycles. The molecule has 5 heteroatoms. The fraction of sp³-hybridized carbons (Fsp3) is 0.190. The molecule has 1 atom stereocenters. The molecule has 3 aromatic rings. The summed E-state index contributed by atoms with van der Waals surface area (Å²) < 4.78 is 5.92.